The van der Waals surface area contributed by atoms with E-state index in [9.17, 15) is 0 Å². The van der Waals surface area contributed by atoms with E-state index in [4.69, 9.17) is 0 Å². The van der Waals surface area contributed by atoms with Gasteiger partial charge >= 0.3 is 0 Å². The zero-order valence-electron chi connectivity index (χ0n) is 11.7. The zero-order chi connectivity index (χ0) is 12.2. The van der Waals surface area contributed by atoms with Crippen molar-refractivity contribution in [2.24, 2.45) is 5.41 Å². The molecule has 0 saturated carbocycles. The zero-order valence-corrected chi connectivity index (χ0v) is 11.7. The van der Waals surface area contributed by atoms with Gasteiger partial charge in [-0.2, -0.15) is 0 Å². The summed E-state index contributed by atoms with van der Waals surface area (Å²) in [5.74, 6) is 0. The molecule has 0 aromatic carbocycles. The van der Waals surface area contributed by atoms with Crippen molar-refractivity contribution in [3.05, 3.63) is 0 Å². The fourth-order valence-corrected chi connectivity index (χ4v) is 2.04. The van der Waals surface area contributed by atoms with Crippen LogP contribution in [0, 0.1) is 5.41 Å². The molecule has 1 aliphatic rings. The van der Waals surface area contributed by atoms with E-state index < -0.39 is 0 Å². The fourth-order valence-electron chi connectivity index (χ4n) is 2.04. The Morgan fingerprint density at radius 3 is 2.62 bits per heavy atom. The number of nitrogens with one attached hydrogen (secondary N) is 1. The van der Waals surface area contributed by atoms with Gasteiger partial charge in [-0.25, -0.2) is 0 Å². The molecule has 1 heterocycles. The molecular weight excluding hydrogens is 198 g/mol. The highest BCUT2D eigenvalue weighted by Gasteiger charge is 2.20. The Hall–Kier alpha value is -0.120. The van der Waals surface area contributed by atoms with Gasteiger partial charge in [0.15, 0.2) is 0 Å². The SMILES string of the molecule is CN(CCC(C)(C)C)CC1CNCCN1C. The topological polar surface area (TPSA) is 18.5 Å². The Bertz CT molecular complexity index is 198. The maximum atomic E-state index is 3.47. The highest BCUT2D eigenvalue weighted by molar-refractivity contribution is 4.80. The minimum Gasteiger partial charge on any atom is -0.314 e. The van der Waals surface area contributed by atoms with Crippen LogP contribution >= 0.6 is 0 Å². The lowest BCUT2D eigenvalue weighted by Gasteiger charge is -2.36. The second-order valence-corrected chi connectivity index (χ2v) is 6.41. The van der Waals surface area contributed by atoms with Crippen LogP contribution in [0.5, 0.6) is 0 Å². The summed E-state index contributed by atoms with van der Waals surface area (Å²) in [5.41, 5.74) is 0.449. The van der Waals surface area contributed by atoms with Crippen molar-refractivity contribution >= 4 is 0 Å². The summed E-state index contributed by atoms with van der Waals surface area (Å²) in [5, 5.41) is 3.47. The Kier molecular flexibility index (Phi) is 5.22. The molecule has 1 N–H and O–H groups in total. The van der Waals surface area contributed by atoms with Crippen LogP contribution in [-0.4, -0.2) is 62.7 Å². The number of hydrogen-bond donors (Lipinski definition) is 1. The van der Waals surface area contributed by atoms with Crippen LogP contribution in [0.25, 0.3) is 0 Å². The average Bonchev–Trinajstić information content (AvgIpc) is 2.18. The molecule has 96 valence electrons. The normalized spacial score (nSPS) is 24.0. The van der Waals surface area contributed by atoms with E-state index in [-0.39, 0.29) is 0 Å². The van der Waals surface area contributed by atoms with Crippen molar-refractivity contribution in [3.63, 3.8) is 0 Å². The van der Waals surface area contributed by atoms with E-state index in [1.54, 1.807) is 0 Å². The van der Waals surface area contributed by atoms with Crippen molar-refractivity contribution in [3.8, 4) is 0 Å². The summed E-state index contributed by atoms with van der Waals surface area (Å²) in [6.45, 7) is 12.8. The molecule has 1 atom stereocenters. The van der Waals surface area contributed by atoms with Gasteiger partial charge in [-0.05, 0) is 32.5 Å². The van der Waals surface area contributed by atoms with Gasteiger partial charge in [-0.1, -0.05) is 20.8 Å². The van der Waals surface area contributed by atoms with Crippen LogP contribution in [0.15, 0.2) is 0 Å². The van der Waals surface area contributed by atoms with Gasteiger partial charge in [0.1, 0.15) is 0 Å². The monoisotopic (exact) mass is 227 g/mol. The summed E-state index contributed by atoms with van der Waals surface area (Å²) >= 11 is 0. The molecule has 3 heteroatoms. The molecule has 1 rings (SSSR count). The summed E-state index contributed by atoms with van der Waals surface area (Å²) in [4.78, 5) is 4.95. The van der Waals surface area contributed by atoms with Crippen LogP contribution in [0.3, 0.4) is 0 Å². The summed E-state index contributed by atoms with van der Waals surface area (Å²) in [7, 11) is 4.48. The van der Waals surface area contributed by atoms with Gasteiger partial charge in [0, 0.05) is 32.2 Å². The molecule has 0 spiro atoms. The van der Waals surface area contributed by atoms with Gasteiger partial charge < -0.3 is 10.2 Å². The predicted octanol–water partition coefficient (Wildman–Crippen LogP) is 1.26. The molecule has 16 heavy (non-hydrogen) atoms. The third kappa shape index (κ3) is 5.28. The Morgan fingerprint density at radius 2 is 2.06 bits per heavy atom. The van der Waals surface area contributed by atoms with Crippen molar-refractivity contribution in [2.75, 3.05) is 46.8 Å². The lowest BCUT2D eigenvalue weighted by molar-refractivity contribution is 0.145. The predicted molar refractivity (Wildman–Crippen MR) is 70.9 cm³/mol. The first-order valence-electron chi connectivity index (χ1n) is 6.48. The first kappa shape index (κ1) is 13.9. The number of piperazine rings is 1. The van der Waals surface area contributed by atoms with Gasteiger partial charge in [-0.3, -0.25) is 4.90 Å². The quantitative estimate of drug-likeness (QED) is 0.780. The van der Waals surface area contributed by atoms with Crippen LogP contribution in [-0.2, 0) is 0 Å². The highest BCUT2D eigenvalue weighted by atomic mass is 15.2. The van der Waals surface area contributed by atoms with E-state index in [2.05, 4.69) is 50.0 Å². The number of rotatable bonds is 4. The molecule has 1 unspecified atom stereocenters. The minimum absolute atomic E-state index is 0.449. The van der Waals surface area contributed by atoms with Crippen molar-refractivity contribution in [2.45, 2.75) is 33.2 Å². The van der Waals surface area contributed by atoms with Crippen LogP contribution < -0.4 is 5.32 Å². The molecule has 0 aliphatic carbocycles. The van der Waals surface area contributed by atoms with Crippen molar-refractivity contribution in [1.29, 1.82) is 0 Å². The summed E-state index contributed by atoms with van der Waals surface area (Å²) in [6, 6.07) is 0.679. The maximum absolute atomic E-state index is 3.47. The third-order valence-electron chi connectivity index (χ3n) is 3.41. The Labute approximate surface area is 101 Å². The molecule has 0 aromatic rings. The van der Waals surface area contributed by atoms with Crippen LogP contribution in [0.2, 0.25) is 0 Å². The van der Waals surface area contributed by atoms with E-state index in [0.29, 0.717) is 11.5 Å². The molecule has 1 aliphatic heterocycles. The Morgan fingerprint density at radius 1 is 1.38 bits per heavy atom. The lowest BCUT2D eigenvalue weighted by atomic mass is 9.92. The summed E-state index contributed by atoms with van der Waals surface area (Å²) in [6.07, 6.45) is 1.27. The van der Waals surface area contributed by atoms with Gasteiger partial charge in [-0.15, -0.1) is 0 Å². The van der Waals surface area contributed by atoms with Crippen molar-refractivity contribution in [1.82, 2.24) is 15.1 Å². The molecule has 0 radical (unpaired) electrons. The number of likely N-dealkylation sites (N-methyl/N-ethyl adjacent to an activating group) is 2. The average molecular weight is 227 g/mol. The van der Waals surface area contributed by atoms with Gasteiger partial charge in [0.25, 0.3) is 0 Å². The fraction of sp³-hybridized carbons (Fsp3) is 1.00. The molecule has 3 nitrogen and oxygen atoms in total. The maximum Gasteiger partial charge on any atom is 0.0345 e. The molecule has 1 saturated heterocycles. The minimum atomic E-state index is 0.449. The van der Waals surface area contributed by atoms with Crippen LogP contribution in [0.4, 0.5) is 0 Å². The molecular formula is C13H29N3. The van der Waals surface area contributed by atoms with E-state index >= 15 is 0 Å². The summed E-state index contributed by atoms with van der Waals surface area (Å²) < 4.78 is 0. The second kappa shape index (κ2) is 5.99. The van der Waals surface area contributed by atoms with Gasteiger partial charge in [0.2, 0.25) is 0 Å². The molecule has 1 fully saturated rings. The number of hydrogen-bond acceptors (Lipinski definition) is 3. The largest absolute Gasteiger partial charge is 0.314 e. The first-order valence-corrected chi connectivity index (χ1v) is 6.48. The smallest absolute Gasteiger partial charge is 0.0345 e. The third-order valence-corrected chi connectivity index (χ3v) is 3.41. The lowest BCUT2D eigenvalue weighted by Crippen LogP contribution is -2.53. The molecule has 0 aromatic heterocycles. The van der Waals surface area contributed by atoms with Crippen LogP contribution in [0.1, 0.15) is 27.2 Å². The van der Waals surface area contributed by atoms with E-state index in [1.807, 2.05) is 0 Å². The highest BCUT2D eigenvalue weighted by Crippen LogP contribution is 2.18. The molecule has 0 amide bonds. The Balaban J connectivity index is 2.24. The molecule has 0 bridgehead atoms. The van der Waals surface area contributed by atoms with Crippen molar-refractivity contribution < 1.29 is 0 Å². The standard InChI is InChI=1S/C13H29N3/c1-13(2,3)6-8-15(4)11-12-10-14-7-9-16(12)5/h12,14H,6-11H2,1-5H3. The number of nitrogens with zero attached hydrogens (tertiary/aromatic N) is 2. The van der Waals surface area contributed by atoms with E-state index in [1.165, 1.54) is 26.1 Å². The second-order valence-electron chi connectivity index (χ2n) is 6.41. The first-order chi connectivity index (χ1) is 7.38. The van der Waals surface area contributed by atoms with Gasteiger partial charge in [0.05, 0.1) is 0 Å². The van der Waals surface area contributed by atoms with E-state index in [0.717, 1.165) is 13.1 Å².